The van der Waals surface area contributed by atoms with E-state index in [0.29, 0.717) is 23.1 Å². The number of ether oxygens (including phenoxy) is 3. The number of hydrogen-bond acceptors (Lipinski definition) is 7. The van der Waals surface area contributed by atoms with Crippen LogP contribution in [0.3, 0.4) is 0 Å². The second-order valence-electron chi connectivity index (χ2n) is 6.28. The molecule has 0 aliphatic rings. The van der Waals surface area contributed by atoms with E-state index in [1.165, 1.54) is 11.3 Å². The van der Waals surface area contributed by atoms with E-state index in [1.54, 1.807) is 33.1 Å². The Morgan fingerprint density at radius 3 is 2.50 bits per heavy atom. The molecular formula is C22H24N2O4S2. The predicted octanol–water partition coefficient (Wildman–Crippen LogP) is 5.35. The fourth-order valence-electron chi connectivity index (χ4n) is 2.74. The van der Waals surface area contributed by atoms with E-state index in [-0.39, 0.29) is 5.91 Å². The summed E-state index contributed by atoms with van der Waals surface area (Å²) in [5, 5.41) is 5.39. The summed E-state index contributed by atoms with van der Waals surface area (Å²) < 4.78 is 15.8. The topological polar surface area (TPSA) is 69.7 Å². The number of amides is 1. The average Bonchev–Trinajstić information content (AvgIpc) is 3.25. The fourth-order valence-corrected chi connectivity index (χ4v) is 4.32. The SMILES string of the molecule is COc1ccc(SCCCC(=O)Nc2nc(-c3ccc(OC)c(OC)c3)cs2)cc1. The van der Waals surface area contributed by atoms with Gasteiger partial charge in [-0.3, -0.25) is 4.79 Å². The van der Waals surface area contributed by atoms with Gasteiger partial charge in [-0.1, -0.05) is 0 Å². The third-order valence-electron chi connectivity index (χ3n) is 4.31. The van der Waals surface area contributed by atoms with Crippen molar-refractivity contribution in [3.8, 4) is 28.5 Å². The van der Waals surface area contributed by atoms with Crippen LogP contribution in [-0.2, 0) is 4.79 Å². The summed E-state index contributed by atoms with van der Waals surface area (Å²) in [5.74, 6) is 2.99. The Hall–Kier alpha value is -2.71. The number of carbonyl (C=O) groups is 1. The molecule has 1 N–H and O–H groups in total. The van der Waals surface area contributed by atoms with E-state index in [2.05, 4.69) is 10.3 Å². The maximum atomic E-state index is 12.2. The first kappa shape index (κ1) is 22.0. The molecule has 0 aliphatic carbocycles. The van der Waals surface area contributed by atoms with Gasteiger partial charge in [0.05, 0.1) is 27.0 Å². The van der Waals surface area contributed by atoms with Crippen LogP contribution in [-0.4, -0.2) is 38.0 Å². The number of benzene rings is 2. The monoisotopic (exact) mass is 444 g/mol. The first-order chi connectivity index (χ1) is 14.6. The molecule has 0 saturated carbocycles. The molecule has 0 unspecified atom stereocenters. The van der Waals surface area contributed by atoms with Crippen LogP contribution >= 0.6 is 23.1 Å². The number of thiazole rings is 1. The summed E-state index contributed by atoms with van der Waals surface area (Å²) >= 11 is 3.13. The van der Waals surface area contributed by atoms with Crippen molar-refractivity contribution in [3.63, 3.8) is 0 Å². The normalized spacial score (nSPS) is 10.5. The number of nitrogens with one attached hydrogen (secondary N) is 1. The number of nitrogens with zero attached hydrogens (tertiary/aromatic N) is 1. The summed E-state index contributed by atoms with van der Waals surface area (Å²) in [6.07, 6.45) is 1.24. The van der Waals surface area contributed by atoms with Gasteiger partial charge in [0, 0.05) is 22.3 Å². The lowest BCUT2D eigenvalue weighted by Crippen LogP contribution is -2.11. The molecule has 8 heteroatoms. The fraction of sp³-hybridized carbons (Fsp3) is 0.273. The smallest absolute Gasteiger partial charge is 0.226 e. The lowest BCUT2D eigenvalue weighted by Gasteiger charge is -2.08. The molecule has 30 heavy (non-hydrogen) atoms. The van der Waals surface area contributed by atoms with Crippen LogP contribution in [0.2, 0.25) is 0 Å². The first-order valence-corrected chi connectivity index (χ1v) is 11.2. The zero-order valence-corrected chi connectivity index (χ0v) is 18.8. The molecule has 0 aliphatic heterocycles. The van der Waals surface area contributed by atoms with E-state index >= 15 is 0 Å². The highest BCUT2D eigenvalue weighted by atomic mass is 32.2. The Balaban J connectivity index is 1.47. The summed E-state index contributed by atoms with van der Waals surface area (Å²) in [7, 11) is 4.85. The van der Waals surface area contributed by atoms with Gasteiger partial charge in [0.25, 0.3) is 0 Å². The lowest BCUT2D eigenvalue weighted by atomic mass is 10.1. The van der Waals surface area contributed by atoms with Gasteiger partial charge in [-0.25, -0.2) is 4.98 Å². The van der Waals surface area contributed by atoms with E-state index in [9.17, 15) is 4.79 Å². The summed E-state index contributed by atoms with van der Waals surface area (Å²) in [4.78, 5) is 17.9. The molecule has 0 fully saturated rings. The Morgan fingerprint density at radius 1 is 1.03 bits per heavy atom. The maximum Gasteiger partial charge on any atom is 0.226 e. The first-order valence-electron chi connectivity index (χ1n) is 9.37. The van der Waals surface area contributed by atoms with Crippen molar-refractivity contribution in [3.05, 3.63) is 47.8 Å². The number of anilines is 1. The van der Waals surface area contributed by atoms with Crippen molar-refractivity contribution >= 4 is 34.1 Å². The molecule has 3 aromatic rings. The Bertz CT molecular complexity index is 974. The minimum Gasteiger partial charge on any atom is -0.497 e. The van der Waals surface area contributed by atoms with Crippen LogP contribution in [0.1, 0.15) is 12.8 Å². The standard InChI is InChI=1S/C22H24N2O4S2/c1-26-16-7-9-17(10-8-16)29-12-4-5-21(25)24-22-23-18(14-30-22)15-6-11-19(27-2)20(13-15)28-3/h6-11,13-14H,4-5,12H2,1-3H3,(H,23,24,25). The number of rotatable bonds is 10. The quantitative estimate of drug-likeness (QED) is 0.336. The predicted molar refractivity (Wildman–Crippen MR) is 122 cm³/mol. The summed E-state index contributed by atoms with van der Waals surface area (Å²) in [6.45, 7) is 0. The molecular weight excluding hydrogens is 420 g/mol. The molecule has 6 nitrogen and oxygen atoms in total. The highest BCUT2D eigenvalue weighted by Crippen LogP contribution is 2.33. The Labute approximate surface area is 184 Å². The molecule has 158 valence electrons. The molecule has 3 rings (SSSR count). The molecule has 0 radical (unpaired) electrons. The van der Waals surface area contributed by atoms with Crippen molar-refractivity contribution in [1.82, 2.24) is 4.98 Å². The van der Waals surface area contributed by atoms with Crippen LogP contribution in [0.5, 0.6) is 17.2 Å². The van der Waals surface area contributed by atoms with Crippen LogP contribution in [0.15, 0.2) is 52.7 Å². The van der Waals surface area contributed by atoms with E-state index in [1.807, 2.05) is 47.8 Å². The van der Waals surface area contributed by atoms with Gasteiger partial charge in [0.15, 0.2) is 16.6 Å². The molecule has 1 heterocycles. The highest BCUT2D eigenvalue weighted by molar-refractivity contribution is 7.99. The Morgan fingerprint density at radius 2 is 1.80 bits per heavy atom. The molecule has 1 amide bonds. The zero-order valence-electron chi connectivity index (χ0n) is 17.1. The van der Waals surface area contributed by atoms with Crippen molar-refractivity contribution in [2.24, 2.45) is 0 Å². The summed E-state index contributed by atoms with van der Waals surface area (Å²) in [6, 6.07) is 13.5. The van der Waals surface area contributed by atoms with Crippen molar-refractivity contribution in [2.45, 2.75) is 17.7 Å². The second-order valence-corrected chi connectivity index (χ2v) is 8.31. The largest absolute Gasteiger partial charge is 0.497 e. The molecule has 1 aromatic heterocycles. The minimum absolute atomic E-state index is 0.0291. The van der Waals surface area contributed by atoms with Crippen LogP contribution in [0.25, 0.3) is 11.3 Å². The van der Waals surface area contributed by atoms with Crippen LogP contribution in [0, 0.1) is 0 Å². The van der Waals surface area contributed by atoms with Gasteiger partial charge >= 0.3 is 0 Å². The number of carbonyl (C=O) groups excluding carboxylic acids is 1. The minimum atomic E-state index is -0.0291. The van der Waals surface area contributed by atoms with Gasteiger partial charge in [-0.15, -0.1) is 23.1 Å². The van der Waals surface area contributed by atoms with E-state index < -0.39 is 0 Å². The molecule has 0 saturated heterocycles. The number of thioether (sulfide) groups is 1. The summed E-state index contributed by atoms with van der Waals surface area (Å²) in [5.41, 5.74) is 1.69. The van der Waals surface area contributed by atoms with Crippen LogP contribution in [0.4, 0.5) is 5.13 Å². The number of methoxy groups -OCH3 is 3. The van der Waals surface area contributed by atoms with Crippen molar-refractivity contribution < 1.29 is 19.0 Å². The Kier molecular flexibility index (Phi) is 7.98. The highest BCUT2D eigenvalue weighted by Gasteiger charge is 2.11. The number of hydrogen-bond donors (Lipinski definition) is 1. The van der Waals surface area contributed by atoms with Gasteiger partial charge in [-0.05, 0) is 54.6 Å². The van der Waals surface area contributed by atoms with E-state index in [0.717, 1.165) is 34.1 Å². The molecule has 0 atom stereocenters. The van der Waals surface area contributed by atoms with Crippen LogP contribution < -0.4 is 19.5 Å². The second kappa shape index (κ2) is 10.9. The van der Waals surface area contributed by atoms with Crippen molar-refractivity contribution in [2.75, 3.05) is 32.4 Å². The lowest BCUT2D eigenvalue weighted by molar-refractivity contribution is -0.116. The average molecular weight is 445 g/mol. The van der Waals surface area contributed by atoms with Crippen molar-refractivity contribution in [1.29, 1.82) is 0 Å². The van der Waals surface area contributed by atoms with E-state index in [4.69, 9.17) is 14.2 Å². The molecule has 0 bridgehead atoms. The third kappa shape index (κ3) is 5.90. The van der Waals surface area contributed by atoms with Gasteiger partial charge < -0.3 is 19.5 Å². The van der Waals surface area contributed by atoms with Gasteiger partial charge in [0.2, 0.25) is 5.91 Å². The van der Waals surface area contributed by atoms with Gasteiger partial charge in [0.1, 0.15) is 5.75 Å². The molecule has 2 aromatic carbocycles. The maximum absolute atomic E-state index is 12.2. The molecule has 0 spiro atoms. The van der Waals surface area contributed by atoms with Gasteiger partial charge in [-0.2, -0.15) is 0 Å². The third-order valence-corrected chi connectivity index (χ3v) is 6.16. The number of aromatic nitrogens is 1. The zero-order chi connectivity index (χ0) is 21.3.